The van der Waals surface area contributed by atoms with Crippen LogP contribution in [0.25, 0.3) is 21.9 Å². The van der Waals surface area contributed by atoms with Gasteiger partial charge in [0.25, 0.3) is 0 Å². The van der Waals surface area contributed by atoms with E-state index in [1.807, 2.05) is 30.7 Å². The van der Waals surface area contributed by atoms with Gasteiger partial charge in [-0.1, -0.05) is 23.7 Å². The van der Waals surface area contributed by atoms with Crippen LogP contribution in [0.1, 0.15) is 12.0 Å². The number of halogens is 1. The Balaban J connectivity index is 1.17. The molecule has 1 N–H and O–H groups in total. The highest BCUT2D eigenvalue weighted by Gasteiger charge is 2.19. The molecule has 1 aliphatic rings. The number of aryl methyl sites for hydroxylation is 1. The Kier molecular flexibility index (Phi) is 4.75. The third kappa shape index (κ3) is 3.27. The summed E-state index contributed by atoms with van der Waals surface area (Å²) in [4.78, 5) is 8.39. The Morgan fingerprint density at radius 1 is 1.00 bits per heavy atom. The predicted molar refractivity (Wildman–Crippen MR) is 116 cm³/mol. The summed E-state index contributed by atoms with van der Waals surface area (Å²) in [5.41, 5.74) is 4.66. The molecule has 4 nitrogen and oxygen atoms in total. The topological polar surface area (TPSA) is 35.4 Å². The zero-order valence-electron chi connectivity index (χ0n) is 15.8. The summed E-state index contributed by atoms with van der Waals surface area (Å²) in [6.45, 7) is 5.47. The van der Waals surface area contributed by atoms with Crippen molar-refractivity contribution in [2.45, 2.75) is 12.8 Å². The maximum absolute atomic E-state index is 6.36. The SMILES string of the molecule is Clc1cccc2occ(CCCN3CCN(c4cccc5[nH]ccc45)CC3)c12. The lowest BCUT2D eigenvalue weighted by atomic mass is 10.1. The number of nitrogens with zero attached hydrogens (tertiary/aromatic N) is 2. The second kappa shape index (κ2) is 7.53. The smallest absolute Gasteiger partial charge is 0.135 e. The number of piperazine rings is 1. The lowest BCUT2D eigenvalue weighted by Gasteiger charge is -2.36. The van der Waals surface area contributed by atoms with Crippen LogP contribution in [0.2, 0.25) is 5.02 Å². The Morgan fingerprint density at radius 2 is 1.86 bits per heavy atom. The first kappa shape index (κ1) is 17.7. The maximum atomic E-state index is 6.36. The summed E-state index contributed by atoms with van der Waals surface area (Å²) in [5.74, 6) is 0. The molecular formula is C23H24ClN3O. The van der Waals surface area contributed by atoms with Gasteiger partial charge in [0.2, 0.25) is 0 Å². The van der Waals surface area contributed by atoms with Crippen LogP contribution in [0.4, 0.5) is 5.69 Å². The first-order valence-electron chi connectivity index (χ1n) is 9.97. The van der Waals surface area contributed by atoms with Crippen molar-refractivity contribution in [2.75, 3.05) is 37.6 Å². The molecule has 0 unspecified atom stereocenters. The van der Waals surface area contributed by atoms with Gasteiger partial charge in [-0.3, -0.25) is 4.90 Å². The zero-order chi connectivity index (χ0) is 18.9. The summed E-state index contributed by atoms with van der Waals surface area (Å²) < 4.78 is 5.66. The molecule has 0 saturated carbocycles. The van der Waals surface area contributed by atoms with E-state index in [4.69, 9.17) is 16.0 Å². The number of furan rings is 1. The molecule has 28 heavy (non-hydrogen) atoms. The van der Waals surface area contributed by atoms with Gasteiger partial charge in [-0.15, -0.1) is 0 Å². The fourth-order valence-corrected chi connectivity index (χ4v) is 4.63. The number of H-pyrrole nitrogens is 1. The van der Waals surface area contributed by atoms with Crippen LogP contribution in [-0.2, 0) is 6.42 Å². The van der Waals surface area contributed by atoms with Gasteiger partial charge in [0.15, 0.2) is 0 Å². The molecular weight excluding hydrogens is 370 g/mol. The lowest BCUT2D eigenvalue weighted by molar-refractivity contribution is 0.255. The van der Waals surface area contributed by atoms with Crippen molar-refractivity contribution in [1.29, 1.82) is 0 Å². The van der Waals surface area contributed by atoms with E-state index in [1.54, 1.807) is 0 Å². The van der Waals surface area contributed by atoms with E-state index in [1.165, 1.54) is 22.2 Å². The van der Waals surface area contributed by atoms with Crippen molar-refractivity contribution < 1.29 is 4.42 Å². The minimum Gasteiger partial charge on any atom is -0.464 e. The molecule has 2 aromatic heterocycles. The first-order valence-corrected chi connectivity index (χ1v) is 10.4. The molecule has 0 bridgehead atoms. The third-order valence-corrected chi connectivity index (χ3v) is 6.14. The molecule has 0 atom stereocenters. The van der Waals surface area contributed by atoms with Crippen molar-refractivity contribution in [2.24, 2.45) is 0 Å². The van der Waals surface area contributed by atoms with Crippen molar-refractivity contribution in [1.82, 2.24) is 9.88 Å². The molecule has 5 rings (SSSR count). The average molecular weight is 394 g/mol. The maximum Gasteiger partial charge on any atom is 0.135 e. The van der Waals surface area contributed by atoms with E-state index >= 15 is 0 Å². The number of hydrogen-bond donors (Lipinski definition) is 1. The number of hydrogen-bond acceptors (Lipinski definition) is 3. The highest BCUT2D eigenvalue weighted by atomic mass is 35.5. The second-order valence-electron chi connectivity index (χ2n) is 7.52. The Bertz CT molecular complexity index is 1090. The number of benzene rings is 2. The molecule has 2 aromatic carbocycles. The van der Waals surface area contributed by atoms with Crippen LogP contribution >= 0.6 is 11.6 Å². The molecule has 5 heteroatoms. The van der Waals surface area contributed by atoms with Crippen molar-refractivity contribution in [3.05, 3.63) is 65.5 Å². The number of aromatic amines is 1. The van der Waals surface area contributed by atoms with Gasteiger partial charge in [-0.2, -0.15) is 0 Å². The molecule has 4 aromatic rings. The molecule has 1 aliphatic heterocycles. The summed E-state index contributed by atoms with van der Waals surface area (Å²) in [6, 6.07) is 14.5. The summed E-state index contributed by atoms with van der Waals surface area (Å²) in [5, 5.41) is 3.18. The van der Waals surface area contributed by atoms with Crippen LogP contribution in [0, 0.1) is 0 Å². The van der Waals surface area contributed by atoms with E-state index in [-0.39, 0.29) is 0 Å². The highest BCUT2D eigenvalue weighted by molar-refractivity contribution is 6.35. The monoisotopic (exact) mass is 393 g/mol. The summed E-state index contributed by atoms with van der Waals surface area (Å²) in [6.07, 6.45) is 6.01. The molecule has 0 spiro atoms. The van der Waals surface area contributed by atoms with E-state index in [9.17, 15) is 0 Å². The fraction of sp³-hybridized carbons (Fsp3) is 0.304. The standard InChI is InChI=1S/C23H24ClN3O/c24-19-5-1-8-22-23(19)17(16-28-22)4-3-11-26-12-14-27(15-13-26)21-7-2-6-20-18(21)9-10-25-20/h1-2,5-10,16,25H,3-4,11-15H2. The fourth-order valence-electron chi connectivity index (χ4n) is 4.34. The minimum absolute atomic E-state index is 0.786. The van der Waals surface area contributed by atoms with Crippen molar-refractivity contribution >= 4 is 39.2 Å². The molecule has 3 heterocycles. The molecule has 1 saturated heterocycles. The van der Waals surface area contributed by atoms with Gasteiger partial charge in [0.1, 0.15) is 5.58 Å². The van der Waals surface area contributed by atoms with Gasteiger partial charge in [-0.05, 0) is 55.3 Å². The number of fused-ring (bicyclic) bond motifs is 2. The highest BCUT2D eigenvalue weighted by Crippen LogP contribution is 2.30. The van der Waals surface area contributed by atoms with E-state index in [0.717, 1.165) is 61.6 Å². The van der Waals surface area contributed by atoms with Crippen LogP contribution in [0.3, 0.4) is 0 Å². The number of rotatable bonds is 5. The predicted octanol–water partition coefficient (Wildman–Crippen LogP) is 5.32. The lowest BCUT2D eigenvalue weighted by Crippen LogP contribution is -2.46. The van der Waals surface area contributed by atoms with Gasteiger partial charge in [-0.25, -0.2) is 0 Å². The normalized spacial score (nSPS) is 15.7. The Hall–Kier alpha value is -2.43. The minimum atomic E-state index is 0.786. The Morgan fingerprint density at radius 3 is 2.75 bits per heavy atom. The van der Waals surface area contributed by atoms with Crippen LogP contribution < -0.4 is 4.90 Å². The van der Waals surface area contributed by atoms with Crippen molar-refractivity contribution in [3.8, 4) is 0 Å². The number of nitrogens with one attached hydrogen (secondary N) is 1. The molecule has 1 fully saturated rings. The van der Waals surface area contributed by atoms with Gasteiger partial charge in [0, 0.05) is 54.4 Å². The quantitative estimate of drug-likeness (QED) is 0.498. The van der Waals surface area contributed by atoms with Crippen LogP contribution in [-0.4, -0.2) is 42.6 Å². The third-order valence-electron chi connectivity index (χ3n) is 5.83. The van der Waals surface area contributed by atoms with Gasteiger partial charge < -0.3 is 14.3 Å². The molecule has 0 radical (unpaired) electrons. The molecule has 0 aliphatic carbocycles. The van der Waals surface area contributed by atoms with Crippen LogP contribution in [0.15, 0.2) is 59.3 Å². The van der Waals surface area contributed by atoms with Crippen molar-refractivity contribution in [3.63, 3.8) is 0 Å². The molecule has 0 amide bonds. The first-order chi connectivity index (χ1) is 13.8. The van der Waals surface area contributed by atoms with E-state index in [0.29, 0.717) is 0 Å². The Labute approximate surface area is 169 Å². The number of aromatic nitrogens is 1. The van der Waals surface area contributed by atoms with E-state index in [2.05, 4.69) is 39.0 Å². The molecule has 144 valence electrons. The second-order valence-corrected chi connectivity index (χ2v) is 7.93. The number of anilines is 1. The zero-order valence-corrected chi connectivity index (χ0v) is 16.6. The van der Waals surface area contributed by atoms with E-state index < -0.39 is 0 Å². The summed E-state index contributed by atoms with van der Waals surface area (Å²) >= 11 is 6.36. The largest absolute Gasteiger partial charge is 0.464 e. The summed E-state index contributed by atoms with van der Waals surface area (Å²) in [7, 11) is 0. The van der Waals surface area contributed by atoms with Crippen LogP contribution in [0.5, 0.6) is 0 Å². The van der Waals surface area contributed by atoms with Gasteiger partial charge in [0.05, 0.1) is 11.3 Å². The van der Waals surface area contributed by atoms with Gasteiger partial charge >= 0.3 is 0 Å². The average Bonchev–Trinajstić information content (AvgIpc) is 3.36.